The molecule has 2 amide bonds. The summed E-state index contributed by atoms with van der Waals surface area (Å²) in [5.74, 6) is -0.510. The molecule has 0 aliphatic carbocycles. The molecule has 0 atom stereocenters. The van der Waals surface area contributed by atoms with Crippen LogP contribution in [0, 0.1) is 0 Å². The van der Waals surface area contributed by atoms with Gasteiger partial charge in [-0.2, -0.15) is 0 Å². The highest BCUT2D eigenvalue weighted by molar-refractivity contribution is 5.89. The van der Waals surface area contributed by atoms with Crippen LogP contribution in [0.2, 0.25) is 0 Å². The molecule has 3 N–H and O–H groups in total. The first-order valence-corrected chi connectivity index (χ1v) is 3.80. The van der Waals surface area contributed by atoms with Gasteiger partial charge in [0.2, 0.25) is 0 Å². The van der Waals surface area contributed by atoms with Crippen molar-refractivity contribution in [3.63, 3.8) is 0 Å². The Hall–Kier alpha value is -1.92. The fraction of sp³-hybridized carbons (Fsp3) is 0.125. The van der Waals surface area contributed by atoms with Crippen molar-refractivity contribution in [3.8, 4) is 5.75 Å². The summed E-state index contributed by atoms with van der Waals surface area (Å²) in [4.78, 5) is 10.5. The molecule has 0 aliphatic heterocycles. The van der Waals surface area contributed by atoms with Gasteiger partial charge in [-0.3, -0.25) is 0 Å². The van der Waals surface area contributed by atoms with Gasteiger partial charge in [-0.25, -0.2) is 4.79 Å². The molecule has 82 valence electrons. The van der Waals surface area contributed by atoms with E-state index in [0.717, 1.165) is 6.07 Å². The van der Waals surface area contributed by atoms with Crippen LogP contribution in [0.15, 0.2) is 24.3 Å². The van der Waals surface area contributed by atoms with E-state index in [1.165, 1.54) is 18.2 Å². The number of nitrogens with two attached hydrogens (primary N) is 1. The van der Waals surface area contributed by atoms with Gasteiger partial charge < -0.3 is 15.8 Å². The second-order valence-electron chi connectivity index (χ2n) is 2.53. The number of halogens is 3. The van der Waals surface area contributed by atoms with Crippen LogP contribution in [-0.4, -0.2) is 12.4 Å². The molecular weight excluding hydrogens is 213 g/mol. The van der Waals surface area contributed by atoms with Gasteiger partial charge in [0.15, 0.2) is 5.75 Å². The van der Waals surface area contributed by atoms with Crippen molar-refractivity contribution in [2.75, 3.05) is 5.32 Å². The van der Waals surface area contributed by atoms with Crippen LogP contribution < -0.4 is 15.8 Å². The summed E-state index contributed by atoms with van der Waals surface area (Å²) in [5, 5.41) is 2.01. The number of nitrogens with one attached hydrogen (secondary N) is 1. The summed E-state index contributed by atoms with van der Waals surface area (Å²) < 4.78 is 39.3. The first kappa shape index (κ1) is 11.2. The number of ether oxygens (including phenoxy) is 1. The summed E-state index contributed by atoms with van der Waals surface area (Å²) in [7, 11) is 0. The monoisotopic (exact) mass is 220 g/mol. The molecule has 0 bridgehead atoms. The summed E-state index contributed by atoms with van der Waals surface area (Å²) in [6.07, 6.45) is -4.81. The Morgan fingerprint density at radius 2 is 1.93 bits per heavy atom. The van der Waals surface area contributed by atoms with Crippen LogP contribution in [0.1, 0.15) is 0 Å². The fourth-order valence-electron chi connectivity index (χ4n) is 0.916. The molecule has 0 saturated carbocycles. The van der Waals surface area contributed by atoms with Gasteiger partial charge in [0.1, 0.15) is 0 Å². The van der Waals surface area contributed by atoms with Crippen LogP contribution in [0.25, 0.3) is 0 Å². The summed E-state index contributed by atoms with van der Waals surface area (Å²) >= 11 is 0. The van der Waals surface area contributed by atoms with Crippen molar-refractivity contribution < 1.29 is 22.7 Å². The topological polar surface area (TPSA) is 64.4 Å². The number of para-hydroxylation sites is 2. The number of amides is 2. The number of primary amides is 1. The van der Waals surface area contributed by atoms with E-state index in [9.17, 15) is 18.0 Å². The number of anilines is 1. The maximum atomic E-state index is 11.9. The SMILES string of the molecule is NC(=O)Nc1ccccc1OC(F)(F)F. The minimum Gasteiger partial charge on any atom is -0.404 e. The van der Waals surface area contributed by atoms with Gasteiger partial charge >= 0.3 is 12.4 Å². The van der Waals surface area contributed by atoms with E-state index in [4.69, 9.17) is 5.73 Å². The number of alkyl halides is 3. The van der Waals surface area contributed by atoms with Crippen molar-refractivity contribution >= 4 is 11.7 Å². The molecule has 0 radical (unpaired) electrons. The number of hydrogen-bond acceptors (Lipinski definition) is 2. The minimum absolute atomic E-state index is 0.137. The van der Waals surface area contributed by atoms with Gasteiger partial charge in [-0.1, -0.05) is 12.1 Å². The zero-order valence-corrected chi connectivity index (χ0v) is 7.34. The molecule has 0 spiro atoms. The number of hydrogen-bond donors (Lipinski definition) is 2. The lowest BCUT2D eigenvalue weighted by Crippen LogP contribution is -2.22. The Kier molecular flexibility index (Phi) is 3.03. The lowest BCUT2D eigenvalue weighted by Gasteiger charge is -2.12. The molecule has 4 nitrogen and oxygen atoms in total. The predicted octanol–water partition coefficient (Wildman–Crippen LogP) is 2.08. The zero-order chi connectivity index (χ0) is 11.5. The van der Waals surface area contributed by atoms with Crippen LogP contribution in [0.5, 0.6) is 5.75 Å². The molecule has 15 heavy (non-hydrogen) atoms. The van der Waals surface area contributed by atoms with Crippen molar-refractivity contribution in [2.24, 2.45) is 5.73 Å². The van der Waals surface area contributed by atoms with E-state index < -0.39 is 18.1 Å². The Morgan fingerprint density at radius 3 is 2.47 bits per heavy atom. The standard InChI is InChI=1S/C8H7F3N2O2/c9-8(10,11)15-6-4-2-1-3-5(6)13-7(12)14/h1-4H,(H3,12,13,14). The Balaban J connectivity index is 2.91. The van der Waals surface area contributed by atoms with E-state index >= 15 is 0 Å². The molecule has 0 heterocycles. The quantitative estimate of drug-likeness (QED) is 0.801. The maximum Gasteiger partial charge on any atom is 0.573 e. The summed E-state index contributed by atoms with van der Waals surface area (Å²) in [5.41, 5.74) is 4.63. The summed E-state index contributed by atoms with van der Waals surface area (Å²) in [6.45, 7) is 0. The first-order valence-electron chi connectivity index (χ1n) is 3.80. The second kappa shape index (κ2) is 4.07. The Morgan fingerprint density at radius 1 is 1.33 bits per heavy atom. The molecule has 1 aromatic rings. The van der Waals surface area contributed by atoms with Gasteiger partial charge in [-0.15, -0.1) is 13.2 Å². The van der Waals surface area contributed by atoms with E-state index in [-0.39, 0.29) is 5.69 Å². The lowest BCUT2D eigenvalue weighted by atomic mass is 10.3. The molecular formula is C8H7F3N2O2. The fourth-order valence-corrected chi connectivity index (χ4v) is 0.916. The molecule has 0 aliphatic rings. The third-order valence-corrected chi connectivity index (χ3v) is 1.37. The number of carbonyl (C=O) groups excluding carboxylic acids is 1. The lowest BCUT2D eigenvalue weighted by molar-refractivity contribution is -0.274. The summed E-state index contributed by atoms with van der Waals surface area (Å²) in [6, 6.07) is 4.13. The Bertz CT molecular complexity index is 365. The van der Waals surface area contributed by atoms with Gasteiger partial charge in [0.25, 0.3) is 0 Å². The largest absolute Gasteiger partial charge is 0.573 e. The first-order chi connectivity index (χ1) is 6.88. The van der Waals surface area contributed by atoms with Crippen LogP contribution >= 0.6 is 0 Å². The smallest absolute Gasteiger partial charge is 0.404 e. The van der Waals surface area contributed by atoms with Crippen molar-refractivity contribution in [1.29, 1.82) is 0 Å². The van der Waals surface area contributed by atoms with Crippen LogP contribution in [-0.2, 0) is 0 Å². The predicted molar refractivity (Wildman–Crippen MR) is 46.3 cm³/mol. The highest BCUT2D eigenvalue weighted by Crippen LogP contribution is 2.29. The van der Waals surface area contributed by atoms with Gasteiger partial charge in [0, 0.05) is 0 Å². The Labute approximate surface area is 82.8 Å². The van der Waals surface area contributed by atoms with Crippen LogP contribution in [0.4, 0.5) is 23.7 Å². The third kappa shape index (κ3) is 3.75. The minimum atomic E-state index is -4.81. The second-order valence-corrected chi connectivity index (χ2v) is 2.53. The highest BCUT2D eigenvalue weighted by Gasteiger charge is 2.32. The molecule has 0 saturated heterocycles. The highest BCUT2D eigenvalue weighted by atomic mass is 19.4. The number of carbonyl (C=O) groups is 1. The molecule has 7 heteroatoms. The number of urea groups is 1. The van der Waals surface area contributed by atoms with Crippen molar-refractivity contribution in [3.05, 3.63) is 24.3 Å². The molecule has 1 rings (SSSR count). The molecule has 1 aromatic carbocycles. The number of rotatable bonds is 2. The maximum absolute atomic E-state index is 11.9. The zero-order valence-electron chi connectivity index (χ0n) is 7.34. The molecule has 0 fully saturated rings. The van der Waals surface area contributed by atoms with Gasteiger partial charge in [0.05, 0.1) is 5.69 Å². The molecule has 0 aromatic heterocycles. The average molecular weight is 220 g/mol. The van der Waals surface area contributed by atoms with E-state index in [0.29, 0.717) is 0 Å². The van der Waals surface area contributed by atoms with E-state index in [1.807, 2.05) is 5.32 Å². The molecule has 0 unspecified atom stereocenters. The van der Waals surface area contributed by atoms with Crippen molar-refractivity contribution in [1.82, 2.24) is 0 Å². The van der Waals surface area contributed by atoms with E-state index in [2.05, 4.69) is 4.74 Å². The van der Waals surface area contributed by atoms with Gasteiger partial charge in [-0.05, 0) is 12.1 Å². The normalized spacial score (nSPS) is 10.9. The average Bonchev–Trinajstić information content (AvgIpc) is 2.05. The number of benzene rings is 1. The third-order valence-electron chi connectivity index (χ3n) is 1.37. The van der Waals surface area contributed by atoms with Crippen molar-refractivity contribution in [2.45, 2.75) is 6.36 Å². The van der Waals surface area contributed by atoms with Crippen LogP contribution in [0.3, 0.4) is 0 Å². The van der Waals surface area contributed by atoms with E-state index in [1.54, 1.807) is 0 Å².